The summed E-state index contributed by atoms with van der Waals surface area (Å²) >= 11 is 0. The molecule has 0 spiro atoms. The highest BCUT2D eigenvalue weighted by atomic mass is 31.1. The number of hydrogen-bond acceptors (Lipinski definition) is 0. The monoisotopic (exact) mass is 799 g/mol. The van der Waals surface area contributed by atoms with E-state index >= 15 is 0 Å². The summed E-state index contributed by atoms with van der Waals surface area (Å²) in [4.78, 5) is 0. The Balaban J connectivity index is 1.05. The number of benzene rings is 9. The van der Waals surface area contributed by atoms with Gasteiger partial charge in [-0.15, -0.1) is 0 Å². The second-order valence-corrected chi connectivity index (χ2v) is 21.3. The Morgan fingerprint density at radius 3 is 1.43 bits per heavy atom. The SMILES string of the molecule is CC1(C)c2ccccc2-n2c3ccc(-c4ccc5c(c4)c4ccccc4p5-c4ccccc4)cc3c3cc(-c4ccc5c(c4)c4ccccc4p5-c4ccccc4)cc1c32. The number of fused-ring (bicyclic) bond motifs is 11. The van der Waals surface area contributed by atoms with Crippen LogP contribution in [0.25, 0.3) is 102 Å². The Hall–Kier alpha value is -6.62. The van der Waals surface area contributed by atoms with Gasteiger partial charge in [0.1, 0.15) is 0 Å². The molecule has 0 saturated heterocycles. The maximum Gasteiger partial charge on any atom is 0.0582 e. The van der Waals surface area contributed by atoms with Crippen molar-refractivity contribution in [3.8, 4) is 38.6 Å². The predicted octanol–water partition coefficient (Wildman–Crippen LogP) is 17.3. The highest BCUT2D eigenvalue weighted by molar-refractivity contribution is 7.68. The first-order chi connectivity index (χ1) is 29.5. The summed E-state index contributed by atoms with van der Waals surface area (Å²) in [5.41, 5.74) is 11.5. The van der Waals surface area contributed by atoms with Gasteiger partial charge in [-0.1, -0.05) is 175 Å². The first-order valence-corrected chi connectivity index (χ1v) is 23.6. The molecule has 12 aromatic rings. The minimum absolute atomic E-state index is 0.187. The Labute approximate surface area is 350 Å². The van der Waals surface area contributed by atoms with Crippen LogP contribution in [0.5, 0.6) is 0 Å². The molecule has 1 aliphatic rings. The smallest absolute Gasteiger partial charge is 0.0582 e. The molecule has 60 heavy (non-hydrogen) atoms. The van der Waals surface area contributed by atoms with Crippen molar-refractivity contribution < 1.29 is 0 Å². The van der Waals surface area contributed by atoms with E-state index in [1.165, 1.54) is 114 Å². The van der Waals surface area contributed by atoms with Crippen LogP contribution in [0.4, 0.5) is 0 Å². The summed E-state index contributed by atoms with van der Waals surface area (Å²) in [5.74, 6) is 0. The van der Waals surface area contributed by atoms with Crippen LogP contribution in [-0.4, -0.2) is 4.57 Å². The molecule has 0 N–H and O–H groups in total. The third kappa shape index (κ3) is 4.77. The van der Waals surface area contributed by atoms with E-state index in [9.17, 15) is 0 Å². The van der Waals surface area contributed by atoms with E-state index in [2.05, 4.69) is 219 Å². The lowest BCUT2D eigenvalue weighted by Gasteiger charge is -2.35. The summed E-state index contributed by atoms with van der Waals surface area (Å²) in [7, 11) is -1.20. The molecule has 3 heteroatoms. The normalized spacial score (nSPS) is 13.9. The zero-order chi connectivity index (χ0) is 39.7. The second-order valence-electron chi connectivity index (χ2n) is 17.0. The molecule has 2 unspecified atom stereocenters. The summed E-state index contributed by atoms with van der Waals surface area (Å²) in [6, 6.07) is 76.0. The van der Waals surface area contributed by atoms with Crippen molar-refractivity contribution in [1.29, 1.82) is 0 Å². The van der Waals surface area contributed by atoms with Crippen LogP contribution >= 0.6 is 15.1 Å². The quantitative estimate of drug-likeness (QED) is 0.167. The lowest BCUT2D eigenvalue weighted by molar-refractivity contribution is 0.630. The van der Waals surface area contributed by atoms with Gasteiger partial charge in [0.2, 0.25) is 0 Å². The zero-order valence-corrected chi connectivity index (χ0v) is 35.2. The zero-order valence-electron chi connectivity index (χ0n) is 33.4. The lowest BCUT2D eigenvalue weighted by atomic mass is 9.74. The van der Waals surface area contributed by atoms with Crippen molar-refractivity contribution >= 4 is 78.9 Å². The molecule has 0 radical (unpaired) electrons. The van der Waals surface area contributed by atoms with Gasteiger partial charge in [-0.25, -0.2) is 0 Å². The van der Waals surface area contributed by atoms with Crippen LogP contribution in [0.2, 0.25) is 0 Å². The van der Waals surface area contributed by atoms with Gasteiger partial charge in [-0.2, -0.15) is 0 Å². The third-order valence-electron chi connectivity index (χ3n) is 13.4. The van der Waals surface area contributed by atoms with Crippen molar-refractivity contribution in [2.45, 2.75) is 19.3 Å². The molecule has 1 aliphatic heterocycles. The van der Waals surface area contributed by atoms with E-state index in [0.717, 1.165) is 0 Å². The van der Waals surface area contributed by atoms with Gasteiger partial charge in [0, 0.05) is 36.7 Å². The van der Waals surface area contributed by atoms with Gasteiger partial charge >= 0.3 is 0 Å². The van der Waals surface area contributed by atoms with Crippen LogP contribution in [0, 0.1) is 0 Å². The summed E-state index contributed by atoms with van der Waals surface area (Å²) in [6.07, 6.45) is 0. The number of para-hydroxylation sites is 1. The van der Waals surface area contributed by atoms with Gasteiger partial charge in [-0.05, 0) is 120 Å². The molecule has 1 nitrogen and oxygen atoms in total. The Morgan fingerprint density at radius 1 is 0.350 bits per heavy atom. The molecule has 0 amide bonds. The van der Waals surface area contributed by atoms with Crippen LogP contribution in [0.3, 0.4) is 0 Å². The molecule has 0 aliphatic carbocycles. The van der Waals surface area contributed by atoms with Gasteiger partial charge in [0.25, 0.3) is 0 Å². The average molecular weight is 800 g/mol. The predicted molar refractivity (Wildman–Crippen MR) is 262 cm³/mol. The molecule has 9 aromatic carbocycles. The molecular formula is C57H39NP2. The molecule has 4 heterocycles. The minimum atomic E-state index is -0.605. The molecule has 13 rings (SSSR count). The number of nitrogens with zero attached hydrogens (tertiary/aromatic N) is 1. The van der Waals surface area contributed by atoms with E-state index < -0.39 is 15.1 Å². The first-order valence-electron chi connectivity index (χ1n) is 20.9. The van der Waals surface area contributed by atoms with E-state index in [1.807, 2.05) is 0 Å². The molecular weight excluding hydrogens is 761 g/mol. The highest BCUT2D eigenvalue weighted by Gasteiger charge is 2.35. The maximum absolute atomic E-state index is 2.55. The van der Waals surface area contributed by atoms with Crippen LogP contribution < -0.4 is 0 Å². The lowest BCUT2D eigenvalue weighted by Crippen LogP contribution is -2.26. The largest absolute Gasteiger partial charge is 0.309 e. The summed E-state index contributed by atoms with van der Waals surface area (Å²) in [5, 5.41) is 16.7. The van der Waals surface area contributed by atoms with E-state index in [1.54, 1.807) is 0 Å². The average Bonchev–Trinajstić information content (AvgIpc) is 3.94. The first kappa shape index (κ1) is 34.3. The fourth-order valence-electron chi connectivity index (χ4n) is 10.6. The van der Waals surface area contributed by atoms with E-state index in [4.69, 9.17) is 0 Å². The number of rotatable bonds is 4. The molecule has 0 saturated carbocycles. The van der Waals surface area contributed by atoms with Crippen molar-refractivity contribution in [1.82, 2.24) is 4.57 Å². The Morgan fingerprint density at radius 2 is 0.817 bits per heavy atom. The standard InChI is InChI=1S/C57H39NP2/c1-57(2)48-21-11-12-22-51(48)58-50-28-25-36(37-26-29-54-45(32-37)42-19-9-13-23-52(42)59(54)40-15-5-3-6-16-40)31-44(50)47-34-39(35-49(57)56(47)58)38-27-30-55-46(33-38)43-20-10-14-24-53(43)60(55)41-17-7-4-8-18-41/h3-35H,1-2H3. The third-order valence-corrected chi connectivity index (χ3v) is 18.5. The maximum atomic E-state index is 2.55. The fraction of sp³-hybridized carbons (Fsp3) is 0.0526. The topological polar surface area (TPSA) is 4.93 Å². The van der Waals surface area contributed by atoms with E-state index in [-0.39, 0.29) is 5.41 Å². The van der Waals surface area contributed by atoms with Crippen molar-refractivity contribution in [2.24, 2.45) is 0 Å². The molecule has 3 aromatic heterocycles. The van der Waals surface area contributed by atoms with Gasteiger partial charge in [0.05, 0.1) is 16.7 Å². The molecule has 0 fully saturated rings. The second kappa shape index (κ2) is 12.7. The Kier molecular flexibility index (Phi) is 7.25. The van der Waals surface area contributed by atoms with Crippen molar-refractivity contribution in [2.75, 3.05) is 0 Å². The van der Waals surface area contributed by atoms with Crippen molar-refractivity contribution in [3.63, 3.8) is 0 Å². The molecule has 282 valence electrons. The van der Waals surface area contributed by atoms with Gasteiger partial charge in [0.15, 0.2) is 0 Å². The highest BCUT2D eigenvalue weighted by Crippen LogP contribution is 2.57. The van der Waals surface area contributed by atoms with E-state index in [0.29, 0.717) is 0 Å². The van der Waals surface area contributed by atoms with Crippen LogP contribution in [0.15, 0.2) is 200 Å². The van der Waals surface area contributed by atoms with Gasteiger partial charge in [-0.3, -0.25) is 0 Å². The Bertz CT molecular complexity index is 3730. The number of aromatic nitrogens is 1. The molecule has 0 bridgehead atoms. The fourth-order valence-corrected chi connectivity index (χ4v) is 15.8. The summed E-state index contributed by atoms with van der Waals surface area (Å²) in [6.45, 7) is 4.82. The van der Waals surface area contributed by atoms with Crippen LogP contribution in [0.1, 0.15) is 25.0 Å². The number of hydrogen-bond donors (Lipinski definition) is 0. The van der Waals surface area contributed by atoms with Crippen molar-refractivity contribution in [3.05, 3.63) is 211 Å². The molecule has 2 atom stereocenters. The van der Waals surface area contributed by atoms with Crippen LogP contribution in [-0.2, 0) is 5.41 Å². The minimum Gasteiger partial charge on any atom is -0.309 e. The summed E-state index contributed by atoms with van der Waals surface area (Å²) < 4.78 is 2.55. The van der Waals surface area contributed by atoms with Gasteiger partial charge < -0.3 is 4.57 Å².